The minimum absolute atomic E-state index is 0.0571. The highest BCUT2D eigenvalue weighted by Crippen LogP contribution is 2.13. The maximum Gasteiger partial charge on any atom is 0.307 e. The van der Waals surface area contributed by atoms with Crippen LogP contribution in [0.1, 0.15) is 30.9 Å². The van der Waals surface area contributed by atoms with Gasteiger partial charge in [-0.1, -0.05) is 42.5 Å². The lowest BCUT2D eigenvalue weighted by Crippen LogP contribution is -2.35. The van der Waals surface area contributed by atoms with Crippen LogP contribution in [0.15, 0.2) is 54.6 Å². The Hall–Kier alpha value is -2.82. The molecular weight excluding hydrogens is 354 g/mol. The van der Waals surface area contributed by atoms with E-state index < -0.39 is 0 Å². The summed E-state index contributed by atoms with van der Waals surface area (Å²) in [5.41, 5.74) is 2.26. The first-order valence-electron chi connectivity index (χ1n) is 9.72. The van der Waals surface area contributed by atoms with E-state index in [2.05, 4.69) is 0 Å². The van der Waals surface area contributed by atoms with Gasteiger partial charge in [-0.15, -0.1) is 0 Å². The van der Waals surface area contributed by atoms with E-state index in [1.54, 1.807) is 18.9 Å². The van der Waals surface area contributed by atoms with Gasteiger partial charge in [-0.25, -0.2) is 0 Å². The Morgan fingerprint density at radius 3 is 2.18 bits per heavy atom. The van der Waals surface area contributed by atoms with Gasteiger partial charge < -0.3 is 14.4 Å². The fourth-order valence-corrected chi connectivity index (χ4v) is 2.93. The Morgan fingerprint density at radius 1 is 0.857 bits per heavy atom. The zero-order valence-electron chi connectivity index (χ0n) is 16.7. The van der Waals surface area contributed by atoms with Crippen LogP contribution < -0.4 is 4.74 Å². The first kappa shape index (κ1) is 21.5. The van der Waals surface area contributed by atoms with Crippen molar-refractivity contribution in [2.45, 2.75) is 32.6 Å². The van der Waals surface area contributed by atoms with Gasteiger partial charge in [0, 0.05) is 19.5 Å². The van der Waals surface area contributed by atoms with Gasteiger partial charge in [0.2, 0.25) is 5.91 Å². The Labute approximate surface area is 167 Å². The summed E-state index contributed by atoms with van der Waals surface area (Å²) >= 11 is 0. The van der Waals surface area contributed by atoms with E-state index in [4.69, 9.17) is 9.47 Å². The molecule has 150 valence electrons. The van der Waals surface area contributed by atoms with Gasteiger partial charge in [0.05, 0.1) is 20.1 Å². The molecular formula is C23H29NO4. The van der Waals surface area contributed by atoms with E-state index in [-0.39, 0.29) is 18.3 Å². The summed E-state index contributed by atoms with van der Waals surface area (Å²) in [6.45, 7) is 3.08. The number of carbonyl (C=O) groups is 2. The summed E-state index contributed by atoms with van der Waals surface area (Å²) in [4.78, 5) is 26.3. The molecule has 0 atom stereocenters. The highest BCUT2D eigenvalue weighted by molar-refractivity contribution is 5.77. The molecule has 0 spiro atoms. The Kier molecular flexibility index (Phi) is 9.05. The average Bonchev–Trinajstić information content (AvgIpc) is 2.73. The second-order valence-electron chi connectivity index (χ2n) is 6.52. The smallest absolute Gasteiger partial charge is 0.307 e. The van der Waals surface area contributed by atoms with Crippen LogP contribution in [0.2, 0.25) is 0 Å². The van der Waals surface area contributed by atoms with Crippen LogP contribution in [0.5, 0.6) is 5.75 Å². The van der Waals surface area contributed by atoms with Crippen molar-refractivity contribution in [1.82, 2.24) is 4.90 Å². The highest BCUT2D eigenvalue weighted by atomic mass is 16.5. The zero-order valence-corrected chi connectivity index (χ0v) is 16.7. The summed E-state index contributed by atoms with van der Waals surface area (Å²) < 4.78 is 10.2. The maximum atomic E-state index is 12.8. The van der Waals surface area contributed by atoms with Crippen LogP contribution in [-0.4, -0.2) is 43.6 Å². The number of aryl methyl sites for hydroxylation is 1. The van der Waals surface area contributed by atoms with Crippen LogP contribution in [0.4, 0.5) is 0 Å². The van der Waals surface area contributed by atoms with Gasteiger partial charge in [0.1, 0.15) is 5.75 Å². The molecule has 0 aliphatic carbocycles. The first-order valence-corrected chi connectivity index (χ1v) is 9.72. The number of methoxy groups -OCH3 is 1. The molecule has 0 radical (unpaired) electrons. The summed E-state index contributed by atoms with van der Waals surface area (Å²) in [6.07, 6.45) is 2.06. The van der Waals surface area contributed by atoms with Crippen molar-refractivity contribution < 1.29 is 19.1 Å². The number of benzene rings is 2. The Morgan fingerprint density at radius 2 is 1.54 bits per heavy atom. The predicted molar refractivity (Wildman–Crippen MR) is 109 cm³/mol. The van der Waals surface area contributed by atoms with Crippen LogP contribution >= 0.6 is 0 Å². The van der Waals surface area contributed by atoms with Gasteiger partial charge in [0.15, 0.2) is 0 Å². The molecule has 0 bridgehead atoms. The Bertz CT molecular complexity index is 728. The minimum Gasteiger partial charge on any atom is -0.497 e. The van der Waals surface area contributed by atoms with Crippen molar-refractivity contribution in [2.24, 2.45) is 0 Å². The van der Waals surface area contributed by atoms with Crippen LogP contribution in [-0.2, 0) is 27.2 Å². The van der Waals surface area contributed by atoms with Crippen LogP contribution in [0.25, 0.3) is 0 Å². The monoisotopic (exact) mass is 383 g/mol. The molecule has 5 nitrogen and oxygen atoms in total. The maximum absolute atomic E-state index is 12.8. The summed E-state index contributed by atoms with van der Waals surface area (Å²) in [5.74, 6) is 0.594. The molecule has 1 amide bonds. The second-order valence-corrected chi connectivity index (χ2v) is 6.52. The third-order valence-electron chi connectivity index (χ3n) is 4.54. The number of amides is 1. The molecule has 0 saturated carbocycles. The number of nitrogens with zero attached hydrogens (tertiary/aromatic N) is 1. The van der Waals surface area contributed by atoms with Crippen LogP contribution in [0.3, 0.4) is 0 Å². The molecule has 0 fully saturated rings. The van der Waals surface area contributed by atoms with Crippen molar-refractivity contribution in [1.29, 1.82) is 0 Å². The zero-order chi connectivity index (χ0) is 20.2. The van der Waals surface area contributed by atoms with E-state index in [1.165, 1.54) is 0 Å². The van der Waals surface area contributed by atoms with Gasteiger partial charge in [0.25, 0.3) is 0 Å². The predicted octanol–water partition coefficient (Wildman–Crippen LogP) is 3.65. The molecule has 2 rings (SSSR count). The summed E-state index contributed by atoms with van der Waals surface area (Å²) in [6, 6.07) is 17.8. The average molecular weight is 383 g/mol. The molecule has 28 heavy (non-hydrogen) atoms. The van der Waals surface area contributed by atoms with E-state index in [0.29, 0.717) is 32.5 Å². The molecule has 0 heterocycles. The Balaban J connectivity index is 1.93. The largest absolute Gasteiger partial charge is 0.497 e. The van der Waals surface area contributed by atoms with E-state index in [1.807, 2.05) is 54.6 Å². The molecule has 5 heteroatoms. The number of ether oxygens (including phenoxy) is 2. The number of hydrogen-bond acceptors (Lipinski definition) is 4. The lowest BCUT2D eigenvalue weighted by atomic mass is 10.1. The summed E-state index contributed by atoms with van der Waals surface area (Å²) in [5, 5.41) is 0. The number of carbonyl (C=O) groups excluding carboxylic acids is 2. The second kappa shape index (κ2) is 11.8. The van der Waals surface area contributed by atoms with Crippen molar-refractivity contribution in [3.63, 3.8) is 0 Å². The molecule has 0 N–H and O–H groups in total. The fraction of sp³-hybridized carbons (Fsp3) is 0.391. The minimum atomic E-state index is -0.271. The topological polar surface area (TPSA) is 55.8 Å². The number of rotatable bonds is 11. The van der Waals surface area contributed by atoms with Gasteiger partial charge in [-0.3, -0.25) is 9.59 Å². The first-order chi connectivity index (χ1) is 13.6. The molecule has 0 aromatic heterocycles. The lowest BCUT2D eigenvalue weighted by molar-refractivity contribution is -0.144. The third kappa shape index (κ3) is 7.43. The van der Waals surface area contributed by atoms with Crippen molar-refractivity contribution in [3.8, 4) is 5.75 Å². The molecule has 0 aliphatic rings. The molecule has 2 aromatic carbocycles. The molecule has 0 aliphatic heterocycles. The number of esters is 1. The normalized spacial score (nSPS) is 10.4. The fourth-order valence-electron chi connectivity index (χ4n) is 2.93. The van der Waals surface area contributed by atoms with Crippen molar-refractivity contribution in [3.05, 3.63) is 65.7 Å². The SMILES string of the molecule is CCOC(=O)CCN(CCc1ccc(OC)cc1)C(=O)CCc1ccccc1. The van der Waals surface area contributed by atoms with E-state index in [0.717, 1.165) is 23.3 Å². The summed E-state index contributed by atoms with van der Waals surface area (Å²) in [7, 11) is 1.64. The van der Waals surface area contributed by atoms with Gasteiger partial charge in [-0.2, -0.15) is 0 Å². The quantitative estimate of drug-likeness (QED) is 0.556. The number of hydrogen-bond donors (Lipinski definition) is 0. The lowest BCUT2D eigenvalue weighted by Gasteiger charge is -2.22. The van der Waals surface area contributed by atoms with Gasteiger partial charge >= 0.3 is 5.97 Å². The van der Waals surface area contributed by atoms with Gasteiger partial charge in [-0.05, 0) is 43.0 Å². The van der Waals surface area contributed by atoms with Crippen LogP contribution in [0, 0.1) is 0 Å². The third-order valence-corrected chi connectivity index (χ3v) is 4.54. The van der Waals surface area contributed by atoms with E-state index in [9.17, 15) is 9.59 Å². The highest BCUT2D eigenvalue weighted by Gasteiger charge is 2.15. The molecule has 0 unspecified atom stereocenters. The van der Waals surface area contributed by atoms with Crippen molar-refractivity contribution >= 4 is 11.9 Å². The molecule has 0 saturated heterocycles. The standard InChI is InChI=1S/C23H29NO4/c1-3-28-23(26)16-18-24(17-15-20-9-12-21(27-2)13-10-20)22(25)14-11-19-7-5-4-6-8-19/h4-10,12-13H,3,11,14-18H2,1-2H3. The van der Waals surface area contributed by atoms with Crippen molar-refractivity contribution in [2.75, 3.05) is 26.8 Å². The van der Waals surface area contributed by atoms with E-state index >= 15 is 0 Å². The molecule has 2 aromatic rings.